The molecule has 35 heavy (non-hydrogen) atoms. The van der Waals surface area contributed by atoms with Crippen LogP contribution in [0.1, 0.15) is 62.2 Å². The lowest BCUT2D eigenvalue weighted by Crippen LogP contribution is -2.45. The predicted octanol–water partition coefficient (Wildman–Crippen LogP) is 4.05. The molecule has 7 nitrogen and oxygen atoms in total. The van der Waals surface area contributed by atoms with Gasteiger partial charge in [0.25, 0.3) is 0 Å². The van der Waals surface area contributed by atoms with Crippen molar-refractivity contribution in [1.29, 1.82) is 0 Å². The molecule has 1 amide bonds. The molecule has 3 N–H and O–H groups in total. The minimum atomic E-state index is 0.0961. The topological polar surface area (TPSA) is 83.9 Å². The maximum absolute atomic E-state index is 13.4. The van der Waals surface area contributed by atoms with Gasteiger partial charge in [0.15, 0.2) is 0 Å². The summed E-state index contributed by atoms with van der Waals surface area (Å²) in [6, 6.07) is 13.6. The molecule has 3 aliphatic rings. The Morgan fingerprint density at radius 1 is 1.11 bits per heavy atom. The van der Waals surface area contributed by atoms with E-state index in [4.69, 9.17) is 0 Å². The number of hydrogen-bond donors (Lipinski definition) is 3. The van der Waals surface area contributed by atoms with Gasteiger partial charge in [-0.3, -0.25) is 19.9 Å². The molecular formula is C28H36N6O. The van der Waals surface area contributed by atoms with Gasteiger partial charge in [-0.15, -0.1) is 0 Å². The third-order valence-corrected chi connectivity index (χ3v) is 8.51. The normalized spacial score (nSPS) is 30.8. The molecule has 7 heteroatoms. The van der Waals surface area contributed by atoms with E-state index in [1.807, 2.05) is 19.3 Å². The lowest BCUT2D eigenvalue weighted by atomic mass is 9.74. The van der Waals surface area contributed by atoms with Gasteiger partial charge in [-0.25, -0.2) is 5.43 Å². The van der Waals surface area contributed by atoms with E-state index in [0.717, 1.165) is 44.3 Å². The molecule has 0 radical (unpaired) electrons. The second kappa shape index (κ2) is 9.70. The molecule has 0 spiro atoms. The molecule has 2 aliphatic carbocycles. The van der Waals surface area contributed by atoms with Crippen molar-refractivity contribution in [3.8, 4) is 0 Å². The zero-order valence-electron chi connectivity index (χ0n) is 20.5. The highest BCUT2D eigenvalue weighted by Crippen LogP contribution is 2.40. The Labute approximate surface area is 207 Å². The van der Waals surface area contributed by atoms with Crippen LogP contribution in [0.4, 0.5) is 0 Å². The number of hydrogen-bond acceptors (Lipinski definition) is 5. The highest BCUT2D eigenvalue weighted by molar-refractivity contribution is 5.79. The van der Waals surface area contributed by atoms with E-state index >= 15 is 0 Å². The second-order valence-electron chi connectivity index (χ2n) is 10.9. The Bertz CT molecular complexity index is 1190. The smallest absolute Gasteiger partial charge is 0.223 e. The van der Waals surface area contributed by atoms with Gasteiger partial charge in [0.2, 0.25) is 5.91 Å². The Morgan fingerprint density at radius 3 is 2.94 bits per heavy atom. The average Bonchev–Trinajstić information content (AvgIpc) is 3.48. The summed E-state index contributed by atoms with van der Waals surface area (Å²) in [6.07, 6.45) is 11.3. The summed E-state index contributed by atoms with van der Waals surface area (Å²) in [4.78, 5) is 17.7. The molecule has 0 bridgehead atoms. The first-order valence-corrected chi connectivity index (χ1v) is 13.3. The van der Waals surface area contributed by atoms with Gasteiger partial charge in [-0.2, -0.15) is 5.10 Å². The quantitative estimate of drug-likeness (QED) is 0.522. The van der Waals surface area contributed by atoms with Crippen LogP contribution in [0.2, 0.25) is 0 Å². The van der Waals surface area contributed by atoms with Gasteiger partial charge >= 0.3 is 0 Å². The van der Waals surface area contributed by atoms with Gasteiger partial charge in [0.1, 0.15) is 0 Å². The summed E-state index contributed by atoms with van der Waals surface area (Å²) < 4.78 is 2.15. The number of nitrogens with zero attached hydrogens (tertiary/aromatic N) is 3. The number of pyridine rings is 1. The summed E-state index contributed by atoms with van der Waals surface area (Å²) in [5, 5.41) is 9.28. The lowest BCUT2D eigenvalue weighted by Gasteiger charge is -2.35. The average molecular weight is 473 g/mol. The number of fused-ring (bicyclic) bond motifs is 2. The Morgan fingerprint density at radius 2 is 2.03 bits per heavy atom. The van der Waals surface area contributed by atoms with Gasteiger partial charge in [0, 0.05) is 41.8 Å². The van der Waals surface area contributed by atoms with Crippen LogP contribution < -0.4 is 16.2 Å². The number of nitrogens with one attached hydrogen (secondary N) is 3. The van der Waals surface area contributed by atoms with Crippen LogP contribution in [0.25, 0.3) is 10.9 Å². The van der Waals surface area contributed by atoms with Gasteiger partial charge < -0.3 is 5.32 Å². The first-order valence-electron chi connectivity index (χ1n) is 13.3. The highest BCUT2D eigenvalue weighted by Gasteiger charge is 2.43. The van der Waals surface area contributed by atoms with Gasteiger partial charge in [-0.05, 0) is 81.0 Å². The molecule has 6 atom stereocenters. The Hall–Kier alpha value is -2.77. The van der Waals surface area contributed by atoms with Crippen molar-refractivity contribution < 1.29 is 4.79 Å². The standard InChI is InChI=1S/C28H36N6O/c1-18-13-20(11-12-29-18)27-24-15-21(9-10-25(24)32-33-27)28(35)31-23-7-4-5-19(14-23)17-34-26-8-3-2-6-22(26)16-30-34/h2-3,6,8,11-13,16,19,21,23-25,27,32-33H,4-5,7,9-10,14-15,17H2,1H3,(H,31,35). The molecule has 3 fully saturated rings. The van der Waals surface area contributed by atoms with E-state index in [1.165, 1.54) is 29.3 Å². The maximum Gasteiger partial charge on any atom is 0.223 e. The molecule has 2 saturated carbocycles. The first kappa shape index (κ1) is 22.7. The van der Waals surface area contributed by atoms with Crippen LogP contribution in [0.5, 0.6) is 0 Å². The molecule has 6 unspecified atom stereocenters. The minimum Gasteiger partial charge on any atom is -0.353 e. The summed E-state index contributed by atoms with van der Waals surface area (Å²) in [5.41, 5.74) is 10.5. The Balaban J connectivity index is 1.07. The summed E-state index contributed by atoms with van der Waals surface area (Å²) in [6.45, 7) is 2.96. The molecule has 1 saturated heterocycles. The van der Waals surface area contributed by atoms with Gasteiger partial charge in [0.05, 0.1) is 17.8 Å². The van der Waals surface area contributed by atoms with E-state index in [0.29, 0.717) is 17.9 Å². The SMILES string of the molecule is Cc1cc(C2NNC3CCC(C(=O)NC4CCCC(Cn5ncc6ccccc65)C4)CC32)ccn1. The fourth-order valence-electron chi connectivity index (χ4n) is 6.71. The largest absolute Gasteiger partial charge is 0.353 e. The molecular weight excluding hydrogens is 436 g/mol. The molecule has 2 aromatic heterocycles. The van der Waals surface area contributed by atoms with E-state index in [9.17, 15) is 4.79 Å². The van der Waals surface area contributed by atoms with Crippen LogP contribution in [0, 0.1) is 24.7 Å². The number of carbonyl (C=O) groups is 1. The van der Waals surface area contributed by atoms with Crippen molar-refractivity contribution in [3.05, 3.63) is 60.0 Å². The van der Waals surface area contributed by atoms with E-state index < -0.39 is 0 Å². The fraction of sp³-hybridized carbons (Fsp3) is 0.536. The fourth-order valence-corrected chi connectivity index (χ4v) is 6.71. The summed E-state index contributed by atoms with van der Waals surface area (Å²) in [7, 11) is 0. The zero-order chi connectivity index (χ0) is 23.8. The van der Waals surface area contributed by atoms with Crippen LogP contribution in [0.3, 0.4) is 0 Å². The van der Waals surface area contributed by atoms with Gasteiger partial charge in [-0.1, -0.05) is 24.6 Å². The predicted molar refractivity (Wildman–Crippen MR) is 136 cm³/mol. The van der Waals surface area contributed by atoms with Crippen molar-refractivity contribution in [2.24, 2.45) is 17.8 Å². The molecule has 184 valence electrons. The van der Waals surface area contributed by atoms with E-state index in [1.54, 1.807) is 0 Å². The van der Waals surface area contributed by atoms with E-state index in [2.05, 4.69) is 67.3 Å². The number of hydrazine groups is 1. The first-order chi connectivity index (χ1) is 17.1. The number of para-hydroxylation sites is 1. The monoisotopic (exact) mass is 472 g/mol. The van der Waals surface area contributed by atoms with Crippen LogP contribution >= 0.6 is 0 Å². The molecule has 3 aromatic rings. The van der Waals surface area contributed by atoms with Crippen molar-refractivity contribution in [3.63, 3.8) is 0 Å². The summed E-state index contributed by atoms with van der Waals surface area (Å²) >= 11 is 0. The molecule has 3 heterocycles. The number of benzene rings is 1. The highest BCUT2D eigenvalue weighted by atomic mass is 16.1. The van der Waals surface area contributed by atoms with Crippen LogP contribution in [-0.2, 0) is 11.3 Å². The number of aryl methyl sites for hydroxylation is 1. The number of amides is 1. The van der Waals surface area contributed by atoms with Crippen molar-refractivity contribution >= 4 is 16.8 Å². The molecule has 1 aromatic carbocycles. The maximum atomic E-state index is 13.4. The lowest BCUT2D eigenvalue weighted by molar-refractivity contribution is -0.127. The van der Waals surface area contributed by atoms with Crippen LogP contribution in [0.15, 0.2) is 48.8 Å². The van der Waals surface area contributed by atoms with E-state index in [-0.39, 0.29) is 23.9 Å². The third-order valence-electron chi connectivity index (χ3n) is 8.51. The minimum absolute atomic E-state index is 0.0961. The Kier molecular flexibility index (Phi) is 6.29. The summed E-state index contributed by atoms with van der Waals surface area (Å²) in [5.74, 6) is 1.33. The van der Waals surface area contributed by atoms with Crippen LogP contribution in [-0.4, -0.2) is 32.8 Å². The number of aromatic nitrogens is 3. The van der Waals surface area contributed by atoms with Crippen molar-refractivity contribution in [2.45, 2.75) is 76.5 Å². The molecule has 1 aliphatic heterocycles. The number of carbonyl (C=O) groups excluding carboxylic acids is 1. The molecule has 6 rings (SSSR count). The second-order valence-corrected chi connectivity index (χ2v) is 10.9. The number of rotatable bonds is 5. The van der Waals surface area contributed by atoms with Crippen molar-refractivity contribution in [1.82, 2.24) is 30.9 Å². The van der Waals surface area contributed by atoms with Crippen molar-refractivity contribution in [2.75, 3.05) is 0 Å². The zero-order valence-corrected chi connectivity index (χ0v) is 20.5. The third kappa shape index (κ3) is 4.71.